The fourth-order valence-electron chi connectivity index (χ4n) is 3.22. The van der Waals surface area contributed by atoms with Crippen molar-refractivity contribution in [3.63, 3.8) is 0 Å². The summed E-state index contributed by atoms with van der Waals surface area (Å²) in [7, 11) is 0. The second-order valence-corrected chi connectivity index (χ2v) is 6.95. The molecule has 0 unspecified atom stereocenters. The van der Waals surface area contributed by atoms with Crippen molar-refractivity contribution in [3.8, 4) is 5.75 Å². The zero-order chi connectivity index (χ0) is 19.6. The highest BCUT2D eigenvalue weighted by atomic mass is 19.4. The summed E-state index contributed by atoms with van der Waals surface area (Å²) < 4.78 is 46.8. The number of nitrogens with one attached hydrogen (secondary N) is 1. The lowest BCUT2D eigenvalue weighted by molar-refractivity contribution is -0.145. The van der Waals surface area contributed by atoms with E-state index >= 15 is 0 Å². The smallest absolute Gasteiger partial charge is 0.433 e. The molecular weight excluding hydrogens is 359 g/mol. The van der Waals surface area contributed by atoms with Crippen LogP contribution < -0.4 is 10.1 Å². The summed E-state index contributed by atoms with van der Waals surface area (Å²) in [4.78, 5) is 12.4. The number of rotatable bonds is 5. The summed E-state index contributed by atoms with van der Waals surface area (Å²) in [6.07, 6.45) is 0.857. The molecule has 1 aliphatic carbocycles. The quantitative estimate of drug-likeness (QED) is 0.788. The molecule has 0 atom stereocenters. The highest BCUT2D eigenvalue weighted by Gasteiger charge is 2.40. The van der Waals surface area contributed by atoms with Gasteiger partial charge in [0, 0.05) is 11.7 Å². The van der Waals surface area contributed by atoms with Gasteiger partial charge in [0.1, 0.15) is 5.75 Å². The molecule has 0 radical (unpaired) electrons. The first-order chi connectivity index (χ1) is 12.8. The van der Waals surface area contributed by atoms with Crippen molar-refractivity contribution < 1.29 is 22.7 Å². The van der Waals surface area contributed by atoms with Crippen molar-refractivity contribution in [2.24, 2.45) is 0 Å². The first-order valence-electron chi connectivity index (χ1n) is 8.98. The molecule has 0 saturated heterocycles. The average molecular weight is 381 g/mol. The highest BCUT2D eigenvalue weighted by molar-refractivity contribution is 6.05. The van der Waals surface area contributed by atoms with E-state index in [1.54, 1.807) is 38.1 Å². The summed E-state index contributed by atoms with van der Waals surface area (Å²) in [6, 6.07) is 6.12. The van der Waals surface area contributed by atoms with Gasteiger partial charge in [0.15, 0.2) is 5.69 Å². The van der Waals surface area contributed by atoms with Gasteiger partial charge in [-0.05, 0) is 63.8 Å². The molecular formula is C19H22F3N3O2. The number of alkyl halides is 3. The number of benzene rings is 1. The van der Waals surface area contributed by atoms with E-state index < -0.39 is 29.4 Å². The maximum Gasteiger partial charge on any atom is 0.433 e. The molecule has 1 saturated carbocycles. The molecule has 3 rings (SSSR count). The van der Waals surface area contributed by atoms with Crippen molar-refractivity contribution in [1.82, 2.24) is 9.78 Å². The monoisotopic (exact) mass is 381 g/mol. The number of carbonyl (C=O) groups is 1. The maximum atomic E-state index is 13.4. The number of ether oxygens (including phenoxy) is 1. The van der Waals surface area contributed by atoms with Crippen LogP contribution in [0.3, 0.4) is 0 Å². The fraction of sp³-hybridized carbons (Fsp3) is 0.474. The van der Waals surface area contributed by atoms with Crippen LogP contribution in [0.2, 0.25) is 0 Å². The minimum absolute atomic E-state index is 0.210. The highest BCUT2D eigenvalue weighted by Crippen LogP contribution is 2.34. The molecule has 1 aromatic carbocycles. The third-order valence-electron chi connectivity index (χ3n) is 4.51. The third kappa shape index (κ3) is 4.43. The summed E-state index contributed by atoms with van der Waals surface area (Å²) in [5, 5.41) is 6.23. The number of aromatic nitrogens is 2. The number of halogens is 3. The van der Waals surface area contributed by atoms with Gasteiger partial charge in [0.2, 0.25) is 0 Å². The number of hydrogen-bond donors (Lipinski definition) is 1. The molecule has 1 heterocycles. The van der Waals surface area contributed by atoms with Crippen LogP contribution in [0, 0.1) is 0 Å². The van der Waals surface area contributed by atoms with Crippen LogP contribution in [-0.2, 0) is 6.18 Å². The zero-order valence-corrected chi connectivity index (χ0v) is 15.2. The lowest BCUT2D eigenvalue weighted by atomic mass is 10.2. The van der Waals surface area contributed by atoms with Crippen molar-refractivity contribution in [3.05, 3.63) is 41.7 Å². The summed E-state index contributed by atoms with van der Waals surface area (Å²) in [5.41, 5.74) is -1.15. The molecule has 146 valence electrons. The van der Waals surface area contributed by atoms with Gasteiger partial charge in [-0.1, -0.05) is 0 Å². The summed E-state index contributed by atoms with van der Waals surface area (Å²) >= 11 is 0. The number of hydrogen-bond acceptors (Lipinski definition) is 3. The van der Waals surface area contributed by atoms with Crippen LogP contribution in [-0.4, -0.2) is 21.8 Å². The molecule has 1 aromatic heterocycles. The molecule has 0 aliphatic heterocycles. The molecule has 1 amide bonds. The van der Waals surface area contributed by atoms with Crippen LogP contribution in [0.1, 0.15) is 61.6 Å². The first kappa shape index (κ1) is 19.3. The Morgan fingerprint density at radius 2 is 1.85 bits per heavy atom. The largest absolute Gasteiger partial charge is 0.490 e. The van der Waals surface area contributed by atoms with E-state index in [0.29, 0.717) is 11.4 Å². The van der Waals surface area contributed by atoms with Crippen LogP contribution >= 0.6 is 0 Å². The van der Waals surface area contributed by atoms with Gasteiger partial charge in [-0.25, -0.2) is 0 Å². The Labute approximate surface area is 155 Å². The molecule has 5 nitrogen and oxygen atoms in total. The normalized spacial score (nSPS) is 15.3. The van der Waals surface area contributed by atoms with E-state index in [0.717, 1.165) is 36.6 Å². The first-order valence-corrected chi connectivity index (χ1v) is 8.98. The standard InChI is InChI=1S/C19H22F3N3O2/c1-12(2)25-17(19(20,21)22)16(11-23-25)18(26)24-13-7-9-15(10-8-13)27-14-5-3-4-6-14/h7-12,14H,3-6H2,1-2H3,(H,24,26). The number of nitrogens with zero attached hydrogens (tertiary/aromatic N) is 2. The van der Waals surface area contributed by atoms with E-state index in [2.05, 4.69) is 10.4 Å². The molecule has 0 spiro atoms. The Hall–Kier alpha value is -2.51. The predicted molar refractivity (Wildman–Crippen MR) is 94.9 cm³/mol. The van der Waals surface area contributed by atoms with E-state index in [9.17, 15) is 18.0 Å². The predicted octanol–water partition coefficient (Wildman–Crippen LogP) is 5.06. The van der Waals surface area contributed by atoms with Crippen LogP contribution in [0.4, 0.5) is 18.9 Å². The number of amides is 1. The minimum Gasteiger partial charge on any atom is -0.490 e. The second kappa shape index (κ2) is 7.62. The van der Waals surface area contributed by atoms with Gasteiger partial charge in [-0.3, -0.25) is 9.48 Å². The molecule has 1 fully saturated rings. The summed E-state index contributed by atoms with van der Waals surface area (Å²) in [6.45, 7) is 3.15. The molecule has 1 N–H and O–H groups in total. The average Bonchev–Trinajstić information content (AvgIpc) is 3.25. The topological polar surface area (TPSA) is 56.2 Å². The third-order valence-corrected chi connectivity index (χ3v) is 4.51. The zero-order valence-electron chi connectivity index (χ0n) is 15.2. The lowest BCUT2D eigenvalue weighted by Crippen LogP contribution is -2.22. The second-order valence-electron chi connectivity index (χ2n) is 6.95. The fourth-order valence-corrected chi connectivity index (χ4v) is 3.22. The van der Waals surface area contributed by atoms with Crippen LogP contribution in [0.15, 0.2) is 30.5 Å². The van der Waals surface area contributed by atoms with E-state index in [-0.39, 0.29) is 6.10 Å². The molecule has 27 heavy (non-hydrogen) atoms. The number of carbonyl (C=O) groups excluding carboxylic acids is 1. The van der Waals surface area contributed by atoms with E-state index in [1.165, 1.54) is 0 Å². The van der Waals surface area contributed by atoms with Gasteiger partial charge in [-0.15, -0.1) is 0 Å². The SMILES string of the molecule is CC(C)n1ncc(C(=O)Nc2ccc(OC3CCCC3)cc2)c1C(F)(F)F. The van der Waals surface area contributed by atoms with Crippen LogP contribution in [0.5, 0.6) is 5.75 Å². The Morgan fingerprint density at radius 3 is 2.41 bits per heavy atom. The van der Waals surface area contributed by atoms with Crippen molar-refractivity contribution >= 4 is 11.6 Å². The van der Waals surface area contributed by atoms with Crippen molar-refractivity contribution in [2.45, 2.75) is 57.9 Å². The Morgan fingerprint density at radius 1 is 1.22 bits per heavy atom. The van der Waals surface area contributed by atoms with Gasteiger partial charge in [-0.2, -0.15) is 18.3 Å². The Kier molecular flexibility index (Phi) is 5.43. The lowest BCUT2D eigenvalue weighted by Gasteiger charge is -2.15. The van der Waals surface area contributed by atoms with Crippen molar-refractivity contribution in [1.29, 1.82) is 0 Å². The van der Waals surface area contributed by atoms with E-state index in [1.807, 2.05) is 0 Å². The van der Waals surface area contributed by atoms with Gasteiger partial charge < -0.3 is 10.1 Å². The molecule has 8 heteroatoms. The molecule has 2 aromatic rings. The van der Waals surface area contributed by atoms with E-state index in [4.69, 9.17) is 4.74 Å². The molecule has 1 aliphatic rings. The van der Waals surface area contributed by atoms with Gasteiger partial charge >= 0.3 is 6.18 Å². The Balaban J connectivity index is 1.73. The molecule has 0 bridgehead atoms. The minimum atomic E-state index is -4.67. The summed E-state index contributed by atoms with van der Waals surface area (Å²) in [5.74, 6) is -0.165. The van der Waals surface area contributed by atoms with Crippen molar-refractivity contribution in [2.75, 3.05) is 5.32 Å². The van der Waals surface area contributed by atoms with Gasteiger partial charge in [0.25, 0.3) is 5.91 Å². The Bertz CT molecular complexity index is 792. The van der Waals surface area contributed by atoms with Crippen LogP contribution in [0.25, 0.3) is 0 Å². The van der Waals surface area contributed by atoms with Gasteiger partial charge in [0.05, 0.1) is 17.9 Å². The number of anilines is 1. The maximum absolute atomic E-state index is 13.4.